The summed E-state index contributed by atoms with van der Waals surface area (Å²) in [4.78, 5) is 8.48. The van der Waals surface area contributed by atoms with Gasteiger partial charge in [0, 0.05) is 6.54 Å². The molecule has 0 spiro atoms. The Hall–Kier alpha value is -1.69. The van der Waals surface area contributed by atoms with Crippen LogP contribution < -0.4 is 5.32 Å². The van der Waals surface area contributed by atoms with Crippen LogP contribution >= 0.6 is 0 Å². The molecule has 3 nitrogen and oxygen atoms in total. The van der Waals surface area contributed by atoms with Gasteiger partial charge in [-0.2, -0.15) is 13.2 Å². The summed E-state index contributed by atoms with van der Waals surface area (Å²) in [5.74, 6) is 0. The van der Waals surface area contributed by atoms with Gasteiger partial charge in [0.1, 0.15) is 5.54 Å². The fourth-order valence-electron chi connectivity index (χ4n) is 2.03. The highest BCUT2D eigenvalue weighted by molar-refractivity contribution is 5.73. The van der Waals surface area contributed by atoms with Crippen LogP contribution in [0.25, 0.3) is 11.0 Å². The molecule has 1 aromatic carbocycles. The summed E-state index contributed by atoms with van der Waals surface area (Å²) >= 11 is 0. The summed E-state index contributed by atoms with van der Waals surface area (Å²) in [7, 11) is 0. The van der Waals surface area contributed by atoms with Gasteiger partial charge in [0.15, 0.2) is 0 Å². The molecule has 0 amide bonds. The van der Waals surface area contributed by atoms with E-state index in [1.165, 1.54) is 6.20 Å². The van der Waals surface area contributed by atoms with Crippen LogP contribution in [0.3, 0.4) is 0 Å². The van der Waals surface area contributed by atoms with Crippen molar-refractivity contribution in [1.82, 2.24) is 15.3 Å². The Bertz CT molecular complexity index is 605. The monoisotopic (exact) mass is 267 g/mol. The van der Waals surface area contributed by atoms with E-state index in [2.05, 4.69) is 15.3 Å². The number of rotatable bonds is 3. The molecule has 0 radical (unpaired) electrons. The zero-order valence-corrected chi connectivity index (χ0v) is 10.0. The standard InChI is InChI=1S/C13H12F3N3/c14-13(15,16)12(5-6-12)18-8-9-7-17-10-3-1-2-4-11(10)19-9/h1-4,7,18H,5-6,8H2. The first-order valence-electron chi connectivity index (χ1n) is 6.03. The van der Waals surface area contributed by atoms with E-state index in [4.69, 9.17) is 0 Å². The number of hydrogen-bond acceptors (Lipinski definition) is 3. The van der Waals surface area contributed by atoms with Gasteiger partial charge >= 0.3 is 6.18 Å². The fourth-order valence-corrected chi connectivity index (χ4v) is 2.03. The Kier molecular flexibility index (Phi) is 2.70. The van der Waals surface area contributed by atoms with Gasteiger partial charge < -0.3 is 0 Å². The molecule has 0 saturated heterocycles. The largest absolute Gasteiger partial charge is 0.406 e. The molecule has 100 valence electrons. The van der Waals surface area contributed by atoms with Crippen LogP contribution in [0.5, 0.6) is 0 Å². The molecule has 1 saturated carbocycles. The molecule has 1 aromatic heterocycles. The summed E-state index contributed by atoms with van der Waals surface area (Å²) in [6.45, 7) is 0.0807. The molecular weight excluding hydrogens is 255 g/mol. The van der Waals surface area contributed by atoms with E-state index in [0.717, 1.165) is 5.52 Å². The van der Waals surface area contributed by atoms with E-state index in [-0.39, 0.29) is 19.4 Å². The SMILES string of the molecule is FC(F)(F)C1(NCc2cnc3ccccc3n2)CC1. The predicted octanol–water partition coefficient (Wildman–Crippen LogP) is 2.81. The van der Waals surface area contributed by atoms with Gasteiger partial charge in [0.25, 0.3) is 0 Å². The lowest BCUT2D eigenvalue weighted by atomic mass is 10.2. The van der Waals surface area contributed by atoms with E-state index >= 15 is 0 Å². The summed E-state index contributed by atoms with van der Waals surface area (Å²) in [6.07, 6.45) is -2.41. The average molecular weight is 267 g/mol. The molecular formula is C13H12F3N3. The molecule has 19 heavy (non-hydrogen) atoms. The first-order chi connectivity index (χ1) is 9.00. The average Bonchev–Trinajstić information content (AvgIpc) is 3.17. The zero-order valence-electron chi connectivity index (χ0n) is 10.0. The van der Waals surface area contributed by atoms with Crippen molar-refractivity contribution >= 4 is 11.0 Å². The lowest BCUT2D eigenvalue weighted by Crippen LogP contribution is -2.44. The first-order valence-corrected chi connectivity index (χ1v) is 6.03. The molecule has 0 atom stereocenters. The second kappa shape index (κ2) is 4.16. The number of fused-ring (bicyclic) bond motifs is 1. The fraction of sp³-hybridized carbons (Fsp3) is 0.385. The lowest BCUT2D eigenvalue weighted by Gasteiger charge is -2.20. The maximum Gasteiger partial charge on any atom is 0.406 e. The first kappa shape index (κ1) is 12.3. The van der Waals surface area contributed by atoms with Crippen LogP contribution in [0.4, 0.5) is 13.2 Å². The van der Waals surface area contributed by atoms with E-state index in [9.17, 15) is 13.2 Å². The van der Waals surface area contributed by atoms with Crippen molar-refractivity contribution in [3.8, 4) is 0 Å². The molecule has 3 rings (SSSR count). The van der Waals surface area contributed by atoms with Crippen LogP contribution in [-0.2, 0) is 6.54 Å². The second-order valence-electron chi connectivity index (χ2n) is 4.78. The maximum absolute atomic E-state index is 12.8. The number of nitrogens with zero attached hydrogens (tertiary/aromatic N) is 2. The molecule has 0 bridgehead atoms. The quantitative estimate of drug-likeness (QED) is 0.929. The summed E-state index contributed by atoms with van der Waals surface area (Å²) < 4.78 is 38.3. The number of alkyl halides is 3. The molecule has 1 heterocycles. The van der Waals surface area contributed by atoms with E-state index < -0.39 is 11.7 Å². The Labute approximate surface area is 107 Å². The molecule has 0 unspecified atom stereocenters. The normalized spacial score (nSPS) is 17.6. The maximum atomic E-state index is 12.8. The third kappa shape index (κ3) is 2.28. The van der Waals surface area contributed by atoms with Gasteiger partial charge in [-0.05, 0) is 25.0 Å². The van der Waals surface area contributed by atoms with Crippen LogP contribution in [-0.4, -0.2) is 21.7 Å². The van der Waals surface area contributed by atoms with Crippen molar-refractivity contribution in [1.29, 1.82) is 0 Å². The van der Waals surface area contributed by atoms with Crippen LogP contribution in [0.1, 0.15) is 18.5 Å². The third-order valence-corrected chi connectivity index (χ3v) is 3.40. The predicted molar refractivity (Wildman–Crippen MR) is 64.4 cm³/mol. The Morgan fingerprint density at radius 2 is 1.84 bits per heavy atom. The van der Waals surface area contributed by atoms with E-state index in [1.807, 2.05) is 18.2 Å². The summed E-state index contributed by atoms with van der Waals surface area (Å²) in [6, 6.07) is 7.28. The van der Waals surface area contributed by atoms with Gasteiger partial charge in [-0.1, -0.05) is 12.1 Å². The van der Waals surface area contributed by atoms with E-state index in [1.54, 1.807) is 6.07 Å². The number of nitrogens with one attached hydrogen (secondary N) is 1. The van der Waals surface area contributed by atoms with Gasteiger partial charge in [-0.15, -0.1) is 0 Å². The minimum atomic E-state index is -4.20. The topological polar surface area (TPSA) is 37.8 Å². The molecule has 2 aromatic rings. The van der Waals surface area contributed by atoms with Crippen molar-refractivity contribution in [2.45, 2.75) is 31.1 Å². The molecule has 6 heteroatoms. The van der Waals surface area contributed by atoms with Crippen molar-refractivity contribution in [2.75, 3.05) is 0 Å². The second-order valence-corrected chi connectivity index (χ2v) is 4.78. The molecule has 1 aliphatic carbocycles. The van der Waals surface area contributed by atoms with Gasteiger partial charge in [-0.3, -0.25) is 10.3 Å². The highest BCUT2D eigenvalue weighted by Gasteiger charge is 2.62. The number of para-hydroxylation sites is 2. The lowest BCUT2D eigenvalue weighted by molar-refractivity contribution is -0.166. The van der Waals surface area contributed by atoms with Crippen LogP contribution in [0.15, 0.2) is 30.5 Å². The van der Waals surface area contributed by atoms with Crippen LogP contribution in [0.2, 0.25) is 0 Å². The number of aromatic nitrogens is 2. The van der Waals surface area contributed by atoms with Gasteiger partial charge in [-0.25, -0.2) is 4.98 Å². The van der Waals surface area contributed by atoms with Crippen LogP contribution in [0, 0.1) is 0 Å². The Balaban J connectivity index is 1.76. The number of hydrogen-bond donors (Lipinski definition) is 1. The minimum absolute atomic E-state index is 0.0807. The van der Waals surface area contributed by atoms with Crippen molar-refractivity contribution in [3.63, 3.8) is 0 Å². The summed E-state index contributed by atoms with van der Waals surface area (Å²) in [5.41, 5.74) is 0.247. The molecule has 1 aliphatic rings. The van der Waals surface area contributed by atoms with Gasteiger partial charge in [0.05, 0.1) is 22.9 Å². The van der Waals surface area contributed by atoms with Gasteiger partial charge in [0.2, 0.25) is 0 Å². The Morgan fingerprint density at radius 3 is 2.47 bits per heavy atom. The smallest absolute Gasteiger partial charge is 0.298 e. The Morgan fingerprint density at radius 1 is 1.16 bits per heavy atom. The third-order valence-electron chi connectivity index (χ3n) is 3.40. The minimum Gasteiger partial charge on any atom is -0.298 e. The molecule has 0 aliphatic heterocycles. The zero-order chi connectivity index (χ0) is 13.5. The summed E-state index contributed by atoms with van der Waals surface area (Å²) in [5, 5.41) is 2.56. The number of halogens is 3. The highest BCUT2D eigenvalue weighted by Crippen LogP contribution is 2.48. The molecule has 1 fully saturated rings. The van der Waals surface area contributed by atoms with Crippen molar-refractivity contribution in [2.24, 2.45) is 0 Å². The molecule has 1 N–H and O–H groups in total. The van der Waals surface area contributed by atoms with Crippen molar-refractivity contribution < 1.29 is 13.2 Å². The highest BCUT2D eigenvalue weighted by atomic mass is 19.4. The number of benzene rings is 1. The van der Waals surface area contributed by atoms with Crippen molar-refractivity contribution in [3.05, 3.63) is 36.2 Å². The van der Waals surface area contributed by atoms with E-state index in [0.29, 0.717) is 11.2 Å².